The lowest BCUT2D eigenvalue weighted by Crippen LogP contribution is -2.27. The first-order valence-electron chi connectivity index (χ1n) is 7.48. The molecule has 2 rings (SSSR count). The molecule has 0 N–H and O–H groups in total. The summed E-state index contributed by atoms with van der Waals surface area (Å²) in [5.41, 5.74) is 0. The van der Waals surface area contributed by atoms with Crippen molar-refractivity contribution in [3.8, 4) is 0 Å². The highest BCUT2D eigenvalue weighted by molar-refractivity contribution is 4.82. The zero-order valence-electron chi connectivity index (χ0n) is 11.0. The molecule has 0 radical (unpaired) electrons. The van der Waals surface area contributed by atoms with Gasteiger partial charge < -0.3 is 0 Å². The highest BCUT2D eigenvalue weighted by Gasteiger charge is 2.32. The highest BCUT2D eigenvalue weighted by atomic mass is 19.3. The summed E-state index contributed by atoms with van der Waals surface area (Å²) in [7, 11) is 0. The molecule has 2 aliphatic carbocycles. The minimum Gasteiger partial charge on any atom is -0.210 e. The normalized spacial score (nSPS) is 39.5. The monoisotopic (exact) mass is 244 g/mol. The summed E-state index contributed by atoms with van der Waals surface area (Å²) in [4.78, 5) is 0. The van der Waals surface area contributed by atoms with Crippen molar-refractivity contribution in [3.63, 3.8) is 0 Å². The van der Waals surface area contributed by atoms with Gasteiger partial charge in [-0.2, -0.15) is 0 Å². The first kappa shape index (κ1) is 13.3. The molecule has 0 unspecified atom stereocenters. The van der Waals surface area contributed by atoms with Crippen LogP contribution in [-0.4, -0.2) is 6.43 Å². The maximum atomic E-state index is 12.6. The molecule has 0 bridgehead atoms. The fraction of sp³-hybridized carbons (Fsp3) is 1.00. The van der Waals surface area contributed by atoms with E-state index in [1.54, 1.807) is 0 Å². The van der Waals surface area contributed by atoms with Crippen LogP contribution in [0.25, 0.3) is 0 Å². The fourth-order valence-corrected chi connectivity index (χ4v) is 3.94. The third kappa shape index (κ3) is 3.42. The molecule has 2 saturated carbocycles. The minimum atomic E-state index is -2.08. The summed E-state index contributed by atoms with van der Waals surface area (Å²) in [6.07, 6.45) is 8.42. The largest absolute Gasteiger partial charge is 0.241 e. The number of hydrogen-bond donors (Lipinski definition) is 0. The summed E-state index contributed by atoms with van der Waals surface area (Å²) in [5.74, 6) is 2.28. The molecule has 0 atom stereocenters. The molecule has 0 aliphatic heterocycles. The standard InChI is InChI=1S/C15H26F2/c1-2-11-3-5-12(6-4-11)13-7-9-14(10-8-13)15(16)17/h11-15H,2-10H2,1H3. The van der Waals surface area contributed by atoms with Crippen molar-refractivity contribution >= 4 is 0 Å². The van der Waals surface area contributed by atoms with E-state index in [2.05, 4.69) is 6.92 Å². The summed E-state index contributed by atoms with van der Waals surface area (Å²) >= 11 is 0. The van der Waals surface area contributed by atoms with Crippen molar-refractivity contribution < 1.29 is 8.78 Å². The van der Waals surface area contributed by atoms with Crippen molar-refractivity contribution in [2.75, 3.05) is 0 Å². The van der Waals surface area contributed by atoms with Gasteiger partial charge >= 0.3 is 0 Å². The van der Waals surface area contributed by atoms with Gasteiger partial charge in [0, 0.05) is 5.92 Å². The average molecular weight is 244 g/mol. The second kappa shape index (κ2) is 6.15. The Labute approximate surface area is 104 Å². The maximum Gasteiger partial charge on any atom is 0.241 e. The van der Waals surface area contributed by atoms with Crippen LogP contribution >= 0.6 is 0 Å². The summed E-state index contributed by atoms with van der Waals surface area (Å²) < 4.78 is 25.2. The van der Waals surface area contributed by atoms with Crippen LogP contribution in [0.1, 0.15) is 64.7 Å². The van der Waals surface area contributed by atoms with Gasteiger partial charge in [0.1, 0.15) is 0 Å². The smallest absolute Gasteiger partial charge is 0.210 e. The van der Waals surface area contributed by atoms with Gasteiger partial charge in [0.15, 0.2) is 0 Å². The second-order valence-corrected chi connectivity index (χ2v) is 6.20. The van der Waals surface area contributed by atoms with E-state index in [0.717, 1.165) is 43.4 Å². The zero-order valence-corrected chi connectivity index (χ0v) is 11.0. The minimum absolute atomic E-state index is 0.293. The van der Waals surface area contributed by atoms with E-state index >= 15 is 0 Å². The molecule has 2 aliphatic rings. The third-order valence-corrected chi connectivity index (χ3v) is 5.31. The zero-order chi connectivity index (χ0) is 12.3. The Balaban J connectivity index is 1.74. The molecular weight excluding hydrogens is 218 g/mol. The van der Waals surface area contributed by atoms with Crippen LogP contribution in [0.2, 0.25) is 0 Å². The van der Waals surface area contributed by atoms with Crippen LogP contribution in [0, 0.1) is 23.7 Å². The number of halogens is 2. The Morgan fingerprint density at radius 3 is 1.71 bits per heavy atom. The third-order valence-electron chi connectivity index (χ3n) is 5.31. The number of alkyl halides is 2. The van der Waals surface area contributed by atoms with Crippen LogP contribution in [0.4, 0.5) is 8.78 Å². The molecule has 0 spiro atoms. The molecule has 0 heterocycles. The quantitative estimate of drug-likeness (QED) is 0.634. The van der Waals surface area contributed by atoms with E-state index in [9.17, 15) is 8.78 Å². The fourth-order valence-electron chi connectivity index (χ4n) is 3.94. The first-order chi connectivity index (χ1) is 8.20. The molecule has 17 heavy (non-hydrogen) atoms. The lowest BCUT2D eigenvalue weighted by molar-refractivity contribution is 0.0341. The van der Waals surface area contributed by atoms with E-state index in [-0.39, 0.29) is 5.92 Å². The van der Waals surface area contributed by atoms with Crippen molar-refractivity contribution in [2.45, 2.75) is 71.1 Å². The van der Waals surface area contributed by atoms with Gasteiger partial charge in [-0.1, -0.05) is 26.2 Å². The molecule has 2 fully saturated rings. The molecular formula is C15H26F2. The Morgan fingerprint density at radius 1 is 0.824 bits per heavy atom. The van der Waals surface area contributed by atoms with Crippen LogP contribution in [0.15, 0.2) is 0 Å². The van der Waals surface area contributed by atoms with E-state index in [0.29, 0.717) is 0 Å². The van der Waals surface area contributed by atoms with Gasteiger partial charge in [-0.3, -0.25) is 0 Å². The van der Waals surface area contributed by atoms with Crippen molar-refractivity contribution in [2.24, 2.45) is 23.7 Å². The van der Waals surface area contributed by atoms with Gasteiger partial charge in [-0.25, -0.2) is 8.78 Å². The summed E-state index contributed by atoms with van der Waals surface area (Å²) in [5, 5.41) is 0. The first-order valence-corrected chi connectivity index (χ1v) is 7.48. The van der Waals surface area contributed by atoms with Gasteiger partial charge in [0.05, 0.1) is 0 Å². The van der Waals surface area contributed by atoms with Gasteiger partial charge in [0.2, 0.25) is 6.43 Å². The Kier molecular flexibility index (Phi) is 4.81. The molecule has 100 valence electrons. The predicted octanol–water partition coefficient (Wildman–Crippen LogP) is 5.27. The van der Waals surface area contributed by atoms with Gasteiger partial charge in [0.25, 0.3) is 0 Å². The molecule has 0 saturated heterocycles. The molecule has 0 aromatic heterocycles. The lowest BCUT2D eigenvalue weighted by atomic mass is 9.69. The molecule has 0 nitrogen and oxygen atoms in total. The van der Waals surface area contributed by atoms with Crippen LogP contribution in [0.5, 0.6) is 0 Å². The Bertz CT molecular complexity index is 211. The number of hydrogen-bond acceptors (Lipinski definition) is 0. The van der Waals surface area contributed by atoms with E-state index in [1.807, 2.05) is 0 Å². The predicted molar refractivity (Wildman–Crippen MR) is 67.2 cm³/mol. The second-order valence-electron chi connectivity index (χ2n) is 6.20. The van der Waals surface area contributed by atoms with Gasteiger partial charge in [-0.15, -0.1) is 0 Å². The average Bonchev–Trinajstić information content (AvgIpc) is 2.39. The topological polar surface area (TPSA) is 0 Å². The van der Waals surface area contributed by atoms with Crippen LogP contribution in [0.3, 0.4) is 0 Å². The lowest BCUT2D eigenvalue weighted by Gasteiger charge is -2.37. The van der Waals surface area contributed by atoms with Crippen molar-refractivity contribution in [3.05, 3.63) is 0 Å². The molecule has 0 aromatic rings. The van der Waals surface area contributed by atoms with Crippen molar-refractivity contribution in [1.82, 2.24) is 0 Å². The SMILES string of the molecule is CCC1CCC(C2CCC(C(F)F)CC2)CC1. The Morgan fingerprint density at radius 2 is 1.29 bits per heavy atom. The van der Waals surface area contributed by atoms with E-state index in [4.69, 9.17) is 0 Å². The molecule has 2 heteroatoms. The van der Waals surface area contributed by atoms with E-state index < -0.39 is 6.43 Å². The Hall–Kier alpha value is -0.140. The van der Waals surface area contributed by atoms with Crippen LogP contribution < -0.4 is 0 Å². The van der Waals surface area contributed by atoms with Crippen LogP contribution in [-0.2, 0) is 0 Å². The van der Waals surface area contributed by atoms with Crippen molar-refractivity contribution in [1.29, 1.82) is 0 Å². The summed E-state index contributed by atoms with van der Waals surface area (Å²) in [6.45, 7) is 2.29. The molecule has 0 amide bonds. The number of rotatable bonds is 3. The van der Waals surface area contributed by atoms with Gasteiger partial charge in [-0.05, 0) is 56.3 Å². The van der Waals surface area contributed by atoms with E-state index in [1.165, 1.54) is 32.1 Å². The summed E-state index contributed by atoms with van der Waals surface area (Å²) in [6, 6.07) is 0. The molecule has 0 aromatic carbocycles. The maximum absolute atomic E-state index is 12.6. The highest BCUT2D eigenvalue weighted by Crippen LogP contribution is 2.42.